The largest absolute Gasteiger partial charge is 0.496 e. The van der Waals surface area contributed by atoms with Crippen molar-refractivity contribution in [3.05, 3.63) is 47.3 Å². The molecule has 2 N–H and O–H groups in total. The Morgan fingerprint density at radius 1 is 1.42 bits per heavy atom. The van der Waals surface area contributed by atoms with Crippen molar-refractivity contribution in [2.45, 2.75) is 32.9 Å². The van der Waals surface area contributed by atoms with E-state index in [-0.39, 0.29) is 6.04 Å². The lowest BCUT2D eigenvalue weighted by atomic mass is 10.00. The van der Waals surface area contributed by atoms with Gasteiger partial charge in [0.05, 0.1) is 13.3 Å². The summed E-state index contributed by atoms with van der Waals surface area (Å²) >= 11 is 0. The first-order chi connectivity index (χ1) is 9.13. The molecule has 0 aliphatic rings. The van der Waals surface area contributed by atoms with Crippen LogP contribution in [0.4, 0.5) is 0 Å². The molecule has 0 fully saturated rings. The fourth-order valence-electron chi connectivity index (χ4n) is 2.12. The fraction of sp³-hybridized carbons (Fsp3) is 0.400. The van der Waals surface area contributed by atoms with E-state index in [1.54, 1.807) is 7.11 Å². The van der Waals surface area contributed by atoms with Crippen LogP contribution in [0.15, 0.2) is 30.6 Å². The zero-order chi connectivity index (χ0) is 13.8. The minimum atomic E-state index is -0.0380. The van der Waals surface area contributed by atoms with Crippen LogP contribution in [0.25, 0.3) is 0 Å². The van der Waals surface area contributed by atoms with Crippen molar-refractivity contribution in [3.8, 4) is 5.75 Å². The van der Waals surface area contributed by atoms with E-state index in [0.29, 0.717) is 0 Å². The van der Waals surface area contributed by atoms with Gasteiger partial charge < -0.3 is 10.5 Å². The first-order valence-corrected chi connectivity index (χ1v) is 6.55. The molecular weight excluding hydrogens is 238 g/mol. The van der Waals surface area contributed by atoms with Crippen molar-refractivity contribution in [2.75, 3.05) is 7.11 Å². The van der Waals surface area contributed by atoms with E-state index < -0.39 is 0 Å². The number of hydrogen-bond acceptors (Lipinski definition) is 3. The van der Waals surface area contributed by atoms with E-state index in [2.05, 4.69) is 18.1 Å². The number of aromatic nitrogens is 2. The Morgan fingerprint density at radius 3 is 2.84 bits per heavy atom. The lowest BCUT2D eigenvalue weighted by molar-refractivity contribution is 0.410. The maximum atomic E-state index is 6.26. The van der Waals surface area contributed by atoms with Gasteiger partial charge in [-0.3, -0.25) is 4.68 Å². The topological polar surface area (TPSA) is 53.1 Å². The highest BCUT2D eigenvalue weighted by Gasteiger charge is 2.10. The van der Waals surface area contributed by atoms with Gasteiger partial charge in [-0.05, 0) is 43.0 Å². The van der Waals surface area contributed by atoms with Crippen molar-refractivity contribution in [2.24, 2.45) is 5.73 Å². The molecule has 4 heteroatoms. The minimum absolute atomic E-state index is 0.0380. The number of rotatable bonds is 5. The van der Waals surface area contributed by atoms with E-state index in [9.17, 15) is 0 Å². The number of hydrogen-bond donors (Lipinski definition) is 1. The molecule has 102 valence electrons. The van der Waals surface area contributed by atoms with Gasteiger partial charge in [0.2, 0.25) is 0 Å². The lowest BCUT2D eigenvalue weighted by Crippen LogP contribution is -2.13. The quantitative estimate of drug-likeness (QED) is 0.897. The fourth-order valence-corrected chi connectivity index (χ4v) is 2.12. The second-order valence-corrected chi connectivity index (χ2v) is 4.74. The van der Waals surface area contributed by atoms with E-state index in [0.717, 1.165) is 35.4 Å². The van der Waals surface area contributed by atoms with Gasteiger partial charge in [0, 0.05) is 18.8 Å². The molecule has 1 aromatic carbocycles. The van der Waals surface area contributed by atoms with Crippen LogP contribution < -0.4 is 10.5 Å². The molecule has 0 radical (unpaired) electrons. The van der Waals surface area contributed by atoms with Gasteiger partial charge in [-0.1, -0.05) is 12.1 Å². The first kappa shape index (κ1) is 13.6. The molecule has 4 nitrogen and oxygen atoms in total. The van der Waals surface area contributed by atoms with Gasteiger partial charge in [-0.25, -0.2) is 0 Å². The molecule has 1 aromatic heterocycles. The molecule has 0 aliphatic carbocycles. The standard InChI is InChI=1S/C15H21N3O/c1-4-18-10-12(9-17-18)7-14(16)13-6-5-11(2)15(8-13)19-3/h5-6,8-10,14H,4,7,16H2,1-3H3. The Morgan fingerprint density at radius 2 is 2.21 bits per heavy atom. The Hall–Kier alpha value is -1.81. The summed E-state index contributed by atoms with van der Waals surface area (Å²) in [6.45, 7) is 4.98. The zero-order valence-electron chi connectivity index (χ0n) is 11.8. The lowest BCUT2D eigenvalue weighted by Gasteiger charge is -2.13. The van der Waals surface area contributed by atoms with Crippen molar-refractivity contribution in [3.63, 3.8) is 0 Å². The van der Waals surface area contributed by atoms with Crippen LogP contribution in [0, 0.1) is 6.92 Å². The van der Waals surface area contributed by atoms with Crippen molar-refractivity contribution in [1.82, 2.24) is 9.78 Å². The second-order valence-electron chi connectivity index (χ2n) is 4.74. The molecule has 0 saturated heterocycles. The van der Waals surface area contributed by atoms with Crippen LogP contribution in [-0.2, 0) is 13.0 Å². The Balaban J connectivity index is 2.12. The number of aryl methyl sites for hydroxylation is 2. The van der Waals surface area contributed by atoms with Crippen LogP contribution in [0.1, 0.15) is 29.7 Å². The second kappa shape index (κ2) is 5.89. The summed E-state index contributed by atoms with van der Waals surface area (Å²) in [7, 11) is 1.68. The van der Waals surface area contributed by atoms with Crippen LogP contribution >= 0.6 is 0 Å². The highest BCUT2D eigenvalue weighted by Crippen LogP contribution is 2.24. The first-order valence-electron chi connectivity index (χ1n) is 6.55. The molecule has 0 saturated carbocycles. The van der Waals surface area contributed by atoms with Gasteiger partial charge in [0.15, 0.2) is 0 Å². The molecule has 0 bridgehead atoms. The number of nitrogens with zero attached hydrogens (tertiary/aromatic N) is 2. The normalized spacial score (nSPS) is 12.4. The van der Waals surface area contributed by atoms with Crippen molar-refractivity contribution >= 4 is 0 Å². The molecule has 2 rings (SSSR count). The predicted octanol–water partition coefficient (Wildman–Crippen LogP) is 2.46. The highest BCUT2D eigenvalue weighted by atomic mass is 16.5. The summed E-state index contributed by atoms with van der Waals surface area (Å²) in [5, 5.41) is 4.27. The molecule has 2 aromatic rings. The summed E-state index contributed by atoms with van der Waals surface area (Å²) in [6, 6.07) is 6.09. The highest BCUT2D eigenvalue weighted by molar-refractivity contribution is 5.38. The van der Waals surface area contributed by atoms with E-state index >= 15 is 0 Å². The molecule has 1 heterocycles. The van der Waals surface area contributed by atoms with E-state index in [4.69, 9.17) is 10.5 Å². The molecule has 0 aliphatic heterocycles. The average molecular weight is 259 g/mol. The summed E-state index contributed by atoms with van der Waals surface area (Å²) < 4.78 is 7.25. The maximum Gasteiger partial charge on any atom is 0.122 e. The molecule has 0 spiro atoms. The molecule has 1 atom stereocenters. The Bertz CT molecular complexity index is 548. The van der Waals surface area contributed by atoms with Gasteiger partial charge >= 0.3 is 0 Å². The minimum Gasteiger partial charge on any atom is -0.496 e. The van der Waals surface area contributed by atoms with Crippen LogP contribution in [0.2, 0.25) is 0 Å². The molecule has 1 unspecified atom stereocenters. The number of methoxy groups -OCH3 is 1. The SMILES string of the molecule is CCn1cc(CC(N)c2ccc(C)c(OC)c2)cn1. The number of nitrogens with two attached hydrogens (primary N) is 1. The monoisotopic (exact) mass is 259 g/mol. The zero-order valence-corrected chi connectivity index (χ0v) is 11.8. The maximum absolute atomic E-state index is 6.26. The van der Waals surface area contributed by atoms with Crippen LogP contribution in [0.3, 0.4) is 0 Å². The summed E-state index contributed by atoms with van der Waals surface area (Å²) in [5.74, 6) is 0.886. The van der Waals surface area contributed by atoms with Crippen molar-refractivity contribution in [1.29, 1.82) is 0 Å². The predicted molar refractivity (Wildman–Crippen MR) is 76.3 cm³/mol. The number of benzene rings is 1. The van der Waals surface area contributed by atoms with Crippen molar-refractivity contribution < 1.29 is 4.74 Å². The van der Waals surface area contributed by atoms with Gasteiger partial charge in [0.25, 0.3) is 0 Å². The molecule has 19 heavy (non-hydrogen) atoms. The molecular formula is C15H21N3O. The Kier molecular flexibility index (Phi) is 4.22. The Labute approximate surface area is 114 Å². The van der Waals surface area contributed by atoms with E-state index in [1.165, 1.54) is 0 Å². The van der Waals surface area contributed by atoms with Gasteiger partial charge in [0.1, 0.15) is 5.75 Å². The van der Waals surface area contributed by atoms with E-state index in [1.807, 2.05) is 36.1 Å². The smallest absolute Gasteiger partial charge is 0.122 e. The third kappa shape index (κ3) is 3.15. The summed E-state index contributed by atoms with van der Waals surface area (Å²) in [5.41, 5.74) is 9.63. The van der Waals surface area contributed by atoms with Crippen LogP contribution in [0.5, 0.6) is 5.75 Å². The average Bonchev–Trinajstić information content (AvgIpc) is 2.86. The third-order valence-electron chi connectivity index (χ3n) is 3.33. The van der Waals surface area contributed by atoms with Gasteiger partial charge in [-0.2, -0.15) is 5.10 Å². The van der Waals surface area contributed by atoms with Gasteiger partial charge in [-0.15, -0.1) is 0 Å². The number of ether oxygens (including phenoxy) is 1. The van der Waals surface area contributed by atoms with Crippen LogP contribution in [-0.4, -0.2) is 16.9 Å². The summed E-state index contributed by atoms with van der Waals surface area (Å²) in [4.78, 5) is 0. The third-order valence-corrected chi connectivity index (χ3v) is 3.33. The molecule has 0 amide bonds. The summed E-state index contributed by atoms with van der Waals surface area (Å²) in [6.07, 6.45) is 4.71.